The van der Waals surface area contributed by atoms with E-state index in [0.29, 0.717) is 12.3 Å². The SMILES string of the molecule is CC(=O)OC[C@H]1O[C@@H](O[C@H]2CC[C@@]3(C)[C@H](CC[C@]4(C)[C@@H]3CC[C@@H]3[C@@H]([C@]5(O)C[C@H](C=C(C)C)OC5=O)CC[C@]34C)C2(C)C)[C@H](O[C@@H]2O[C@@H](C)[C@H](O)[C@@H](O)[C@H]2O)[C@@H](O[C@@H]2OC[C@@H](O)[C@H](O)[C@H]2O)[C@@H]1O. The van der Waals surface area contributed by atoms with E-state index in [1.54, 1.807) is 0 Å². The van der Waals surface area contributed by atoms with Crippen LogP contribution in [0.3, 0.4) is 0 Å². The van der Waals surface area contributed by atoms with Gasteiger partial charge in [0.05, 0.1) is 18.8 Å². The van der Waals surface area contributed by atoms with Gasteiger partial charge in [0.2, 0.25) is 0 Å². The number of aliphatic hydroxyl groups excluding tert-OH is 7. The van der Waals surface area contributed by atoms with Gasteiger partial charge in [-0.2, -0.15) is 0 Å². The third-order valence-corrected chi connectivity index (χ3v) is 18.8. The number of rotatable bonds is 10. The summed E-state index contributed by atoms with van der Waals surface area (Å²) in [5.41, 5.74) is -1.32. The summed E-state index contributed by atoms with van der Waals surface area (Å²) in [6, 6.07) is 0. The Labute approximate surface area is 393 Å². The number of hydrogen-bond donors (Lipinski definition) is 8. The van der Waals surface area contributed by atoms with Gasteiger partial charge in [0.15, 0.2) is 24.5 Å². The monoisotopic (exact) mass is 955 g/mol. The second-order valence-electron chi connectivity index (χ2n) is 23.1. The van der Waals surface area contributed by atoms with Gasteiger partial charge in [-0.1, -0.05) is 40.2 Å². The quantitative estimate of drug-likeness (QED) is 0.0881. The van der Waals surface area contributed by atoms with E-state index in [2.05, 4.69) is 34.6 Å². The van der Waals surface area contributed by atoms with Crippen LogP contribution in [0.5, 0.6) is 0 Å². The van der Waals surface area contributed by atoms with E-state index >= 15 is 0 Å². The van der Waals surface area contributed by atoms with Gasteiger partial charge < -0.3 is 78.7 Å². The third kappa shape index (κ3) is 8.65. The number of aliphatic hydroxyl groups is 8. The van der Waals surface area contributed by atoms with Crippen molar-refractivity contribution in [3.63, 3.8) is 0 Å². The summed E-state index contributed by atoms with van der Waals surface area (Å²) in [6.07, 6.45) is -13.4. The Morgan fingerprint density at radius 2 is 1.37 bits per heavy atom. The zero-order chi connectivity index (χ0) is 48.9. The van der Waals surface area contributed by atoms with Crippen LogP contribution in [-0.4, -0.2) is 170 Å². The Balaban J connectivity index is 1.07. The highest BCUT2D eigenvalue weighted by Gasteiger charge is 2.71. The van der Waals surface area contributed by atoms with Gasteiger partial charge in [0.25, 0.3) is 0 Å². The van der Waals surface area contributed by atoms with Crippen LogP contribution in [0.25, 0.3) is 0 Å². The number of hydrogen-bond acceptors (Lipinski definition) is 18. The standard InChI is InChI=1S/C49H78O18/c1-22(2)18-25-19-49(59,44(58)63-25)27-12-16-47(8)26(27)10-11-31-46(7)15-14-32(45(5,6)30(46)13-17-48(31,47)9)65-43-40(67-42-38(57)36(55)33(52)23(3)62-42)39(35(54)29(64-43)21-60-24(4)50)66-41-37(56)34(53)28(51)20-61-41/h18,23,25-43,51-57,59H,10-17,19-21H2,1-9H3/t23-,25-,26+,27-,28+,29+,30+,31+,32-,33-,34-,35+,36+,37+,38+,39-,40+,41-,42-,43-,46-,47+,48+,49+/m0/s1. The first-order valence-corrected chi connectivity index (χ1v) is 24.7. The molecule has 0 bridgehead atoms. The van der Waals surface area contributed by atoms with Crippen molar-refractivity contribution in [2.24, 2.45) is 45.3 Å². The fraction of sp³-hybridized carbons (Fsp3) is 0.918. The average Bonchev–Trinajstić information content (AvgIpc) is 3.76. The number of cyclic esters (lactones) is 1. The molecule has 4 saturated carbocycles. The topological polar surface area (TPSA) is 270 Å². The van der Waals surface area contributed by atoms with Crippen LogP contribution in [0.2, 0.25) is 0 Å². The molecular formula is C49H78O18. The molecule has 67 heavy (non-hydrogen) atoms. The lowest BCUT2D eigenvalue weighted by molar-refractivity contribution is -0.395. The van der Waals surface area contributed by atoms with Crippen molar-refractivity contribution < 1.29 is 88.3 Å². The lowest BCUT2D eigenvalue weighted by atomic mass is 9.35. The lowest BCUT2D eigenvalue weighted by Crippen LogP contribution is -2.68. The fourth-order valence-electron chi connectivity index (χ4n) is 15.1. The Morgan fingerprint density at radius 1 is 0.701 bits per heavy atom. The fourth-order valence-corrected chi connectivity index (χ4v) is 15.1. The molecule has 8 rings (SSSR count). The maximum Gasteiger partial charge on any atom is 0.339 e. The minimum Gasteiger partial charge on any atom is -0.463 e. The molecule has 0 unspecified atom stereocenters. The zero-order valence-corrected chi connectivity index (χ0v) is 40.6. The summed E-state index contributed by atoms with van der Waals surface area (Å²) in [6.45, 7) is 17.4. The summed E-state index contributed by atoms with van der Waals surface area (Å²) in [7, 11) is 0. The molecule has 4 heterocycles. The molecule has 8 fully saturated rings. The molecule has 382 valence electrons. The van der Waals surface area contributed by atoms with Crippen molar-refractivity contribution in [2.75, 3.05) is 13.2 Å². The number of carbonyl (C=O) groups excluding carboxylic acids is 2. The number of ether oxygens (including phenoxy) is 8. The molecule has 0 spiro atoms. The van der Waals surface area contributed by atoms with Crippen molar-refractivity contribution in [2.45, 2.75) is 224 Å². The highest BCUT2D eigenvalue weighted by atomic mass is 16.8. The Kier molecular flexibility index (Phi) is 14.3. The molecule has 0 aromatic rings. The molecule has 0 aromatic carbocycles. The highest BCUT2D eigenvalue weighted by Crippen LogP contribution is 2.76. The first kappa shape index (κ1) is 51.5. The predicted molar refractivity (Wildman–Crippen MR) is 234 cm³/mol. The zero-order valence-electron chi connectivity index (χ0n) is 40.6. The first-order valence-electron chi connectivity index (χ1n) is 24.7. The molecule has 8 aliphatic rings. The Hall–Kier alpha value is -1.88. The van der Waals surface area contributed by atoms with E-state index in [9.17, 15) is 50.4 Å². The van der Waals surface area contributed by atoms with E-state index in [-0.39, 0.29) is 40.4 Å². The second kappa shape index (κ2) is 18.6. The van der Waals surface area contributed by atoms with Crippen LogP contribution in [0, 0.1) is 45.3 Å². The summed E-state index contributed by atoms with van der Waals surface area (Å²) in [5.74, 6) is -0.695. The van der Waals surface area contributed by atoms with Crippen LogP contribution < -0.4 is 0 Å². The van der Waals surface area contributed by atoms with Gasteiger partial charge in [0.1, 0.15) is 73.8 Å². The van der Waals surface area contributed by atoms with Crippen LogP contribution in [0.4, 0.5) is 0 Å². The van der Waals surface area contributed by atoms with E-state index < -0.39 is 134 Å². The molecule has 0 amide bonds. The van der Waals surface area contributed by atoms with Crippen molar-refractivity contribution in [3.05, 3.63) is 11.6 Å². The van der Waals surface area contributed by atoms with Crippen molar-refractivity contribution in [3.8, 4) is 0 Å². The molecule has 24 atom stereocenters. The Bertz CT molecular complexity index is 1840. The van der Waals surface area contributed by atoms with Crippen LogP contribution in [0.15, 0.2) is 11.6 Å². The normalized spacial score (nSPS) is 52.9. The first-order chi connectivity index (χ1) is 31.3. The third-order valence-electron chi connectivity index (χ3n) is 18.8. The number of allylic oxidation sites excluding steroid dienone is 1. The summed E-state index contributed by atoms with van der Waals surface area (Å²) < 4.78 is 48.7. The Morgan fingerprint density at radius 3 is 2.06 bits per heavy atom. The summed E-state index contributed by atoms with van der Waals surface area (Å²) >= 11 is 0. The van der Waals surface area contributed by atoms with Gasteiger partial charge in [0, 0.05) is 19.3 Å². The molecule has 18 nitrogen and oxygen atoms in total. The van der Waals surface area contributed by atoms with E-state index in [1.807, 2.05) is 19.9 Å². The minimum atomic E-state index is -1.78. The van der Waals surface area contributed by atoms with Gasteiger partial charge >= 0.3 is 11.9 Å². The van der Waals surface area contributed by atoms with E-state index in [4.69, 9.17) is 37.9 Å². The smallest absolute Gasteiger partial charge is 0.339 e. The van der Waals surface area contributed by atoms with Crippen LogP contribution in [-0.2, 0) is 47.5 Å². The maximum absolute atomic E-state index is 13.5. The van der Waals surface area contributed by atoms with Gasteiger partial charge in [-0.3, -0.25) is 4.79 Å². The highest BCUT2D eigenvalue weighted by molar-refractivity contribution is 5.82. The molecule has 8 N–H and O–H groups in total. The molecule has 18 heteroatoms. The van der Waals surface area contributed by atoms with Gasteiger partial charge in [-0.05, 0) is 118 Å². The molecule has 0 radical (unpaired) electrons. The molecule has 4 aliphatic carbocycles. The molecule has 4 aliphatic heterocycles. The number of carbonyl (C=O) groups is 2. The largest absolute Gasteiger partial charge is 0.463 e. The van der Waals surface area contributed by atoms with Crippen LogP contribution >= 0.6 is 0 Å². The van der Waals surface area contributed by atoms with Crippen LogP contribution in [0.1, 0.15) is 120 Å². The molecular weight excluding hydrogens is 877 g/mol. The molecule has 0 aromatic heterocycles. The van der Waals surface area contributed by atoms with Gasteiger partial charge in [-0.15, -0.1) is 0 Å². The molecule has 4 saturated heterocycles. The number of fused-ring (bicyclic) bond motifs is 5. The van der Waals surface area contributed by atoms with Crippen molar-refractivity contribution in [1.29, 1.82) is 0 Å². The van der Waals surface area contributed by atoms with Gasteiger partial charge in [-0.25, -0.2) is 4.79 Å². The predicted octanol–water partition coefficient (Wildman–Crippen LogP) is 1.76. The second-order valence-corrected chi connectivity index (χ2v) is 23.1. The average molecular weight is 955 g/mol. The van der Waals surface area contributed by atoms with Crippen molar-refractivity contribution >= 4 is 11.9 Å². The minimum absolute atomic E-state index is 0.0839. The van der Waals surface area contributed by atoms with E-state index in [0.717, 1.165) is 50.5 Å². The number of esters is 2. The lowest BCUT2D eigenvalue weighted by Gasteiger charge is -2.70. The van der Waals surface area contributed by atoms with Crippen molar-refractivity contribution in [1.82, 2.24) is 0 Å². The summed E-state index contributed by atoms with van der Waals surface area (Å²) in [5, 5.41) is 88.2. The summed E-state index contributed by atoms with van der Waals surface area (Å²) in [4.78, 5) is 25.6. The van der Waals surface area contributed by atoms with E-state index in [1.165, 1.54) is 13.8 Å². The maximum atomic E-state index is 13.5.